The lowest BCUT2D eigenvalue weighted by Gasteiger charge is -2.32. The molecule has 0 aliphatic heterocycles. The van der Waals surface area contributed by atoms with Crippen molar-refractivity contribution < 1.29 is 19.1 Å². The van der Waals surface area contributed by atoms with Crippen molar-refractivity contribution in [2.75, 3.05) is 7.11 Å². The summed E-state index contributed by atoms with van der Waals surface area (Å²) in [5.41, 5.74) is -0.661. The highest BCUT2D eigenvalue weighted by molar-refractivity contribution is 7.96. The Morgan fingerprint density at radius 2 is 1.09 bits per heavy atom. The molecule has 0 atom stereocenters. The summed E-state index contributed by atoms with van der Waals surface area (Å²) in [5, 5.41) is 3.34. The smallest absolute Gasteiger partial charge is 0.335 e. The van der Waals surface area contributed by atoms with Crippen LogP contribution in [-0.2, 0) is 19.1 Å². The molecule has 32 heavy (non-hydrogen) atoms. The van der Waals surface area contributed by atoms with Gasteiger partial charge >= 0.3 is 11.9 Å². The van der Waals surface area contributed by atoms with Crippen molar-refractivity contribution in [1.82, 2.24) is 0 Å². The molecule has 0 spiro atoms. The Kier molecular flexibility index (Phi) is 7.37. The summed E-state index contributed by atoms with van der Waals surface area (Å²) in [6, 6.07) is 29.7. The molecule has 0 heterocycles. The fourth-order valence-electron chi connectivity index (χ4n) is 3.83. The molecule has 0 fully saturated rings. The molecule has 166 valence electrons. The summed E-state index contributed by atoms with van der Waals surface area (Å²) in [6.07, 6.45) is -0.156. The van der Waals surface area contributed by atoms with Crippen LogP contribution in [0.5, 0.6) is 0 Å². The van der Waals surface area contributed by atoms with E-state index >= 15 is 0 Å². The monoisotopic (exact) mass is 448 g/mol. The number of rotatable bonds is 6. The van der Waals surface area contributed by atoms with Gasteiger partial charge in [-0.1, -0.05) is 91.0 Å². The van der Waals surface area contributed by atoms with Crippen molar-refractivity contribution in [2.45, 2.75) is 32.8 Å². The summed E-state index contributed by atoms with van der Waals surface area (Å²) < 4.78 is 10.9. The van der Waals surface area contributed by atoms with Crippen LogP contribution in [0.3, 0.4) is 0 Å². The average molecular weight is 448 g/mol. The second kappa shape index (κ2) is 10.0. The fourth-order valence-corrected chi connectivity index (χ4v) is 8.25. The first-order chi connectivity index (χ1) is 15.3. The maximum absolute atomic E-state index is 13.3. The van der Waals surface area contributed by atoms with Crippen LogP contribution in [0.1, 0.15) is 27.2 Å². The van der Waals surface area contributed by atoms with Crippen molar-refractivity contribution in [3.63, 3.8) is 0 Å². The normalized spacial score (nSPS) is 11.5. The van der Waals surface area contributed by atoms with E-state index in [1.165, 1.54) is 7.11 Å². The first kappa shape index (κ1) is 23.6. The standard InChI is InChI=1S/C27H29O4P/c1-27(2,3)31-25(28)20-24(26(29)30-4)32(21-14-8-5-9-15-21,22-16-10-6-11-17-22)23-18-12-7-13-19-23/h5-19H,20H2,1-4H3. The minimum Gasteiger partial charge on any atom is -0.466 e. The Morgan fingerprint density at radius 3 is 1.41 bits per heavy atom. The van der Waals surface area contributed by atoms with Crippen LogP contribution < -0.4 is 15.9 Å². The molecule has 0 saturated heterocycles. The number of hydrogen-bond acceptors (Lipinski definition) is 4. The lowest BCUT2D eigenvalue weighted by Crippen LogP contribution is -2.36. The highest BCUT2D eigenvalue weighted by Crippen LogP contribution is 2.47. The second-order valence-electron chi connectivity index (χ2n) is 8.38. The van der Waals surface area contributed by atoms with Gasteiger partial charge in [0.2, 0.25) is 0 Å². The molecule has 0 unspecified atom stereocenters. The molecule has 3 aromatic carbocycles. The minimum atomic E-state index is -2.71. The predicted octanol–water partition coefficient (Wildman–Crippen LogP) is 4.06. The molecule has 0 amide bonds. The third-order valence-corrected chi connectivity index (χ3v) is 9.36. The molecule has 3 aromatic rings. The number of methoxy groups -OCH3 is 1. The van der Waals surface area contributed by atoms with Gasteiger partial charge in [0.25, 0.3) is 0 Å². The van der Waals surface area contributed by atoms with Gasteiger partial charge in [0.15, 0.2) is 0 Å². The maximum Gasteiger partial charge on any atom is 0.335 e. The van der Waals surface area contributed by atoms with E-state index in [9.17, 15) is 9.59 Å². The third-order valence-electron chi connectivity index (χ3n) is 4.99. The van der Waals surface area contributed by atoms with Gasteiger partial charge in [0.05, 0.1) is 18.8 Å². The molecule has 0 aliphatic carbocycles. The molecule has 4 nitrogen and oxygen atoms in total. The Balaban J connectivity index is 2.48. The molecule has 0 saturated carbocycles. The molecule has 0 N–H and O–H groups in total. The zero-order valence-electron chi connectivity index (χ0n) is 18.9. The third kappa shape index (κ3) is 5.03. The summed E-state index contributed by atoms with van der Waals surface area (Å²) >= 11 is 0. The number of carbonyl (C=O) groups excluding carboxylic acids is 2. The first-order valence-corrected chi connectivity index (χ1v) is 12.3. The molecule has 3 rings (SSSR count). The molecule has 0 aliphatic rings. The van der Waals surface area contributed by atoms with E-state index in [4.69, 9.17) is 9.47 Å². The number of esters is 2. The van der Waals surface area contributed by atoms with E-state index in [0.717, 1.165) is 15.9 Å². The average Bonchev–Trinajstić information content (AvgIpc) is 2.79. The predicted molar refractivity (Wildman–Crippen MR) is 133 cm³/mol. The highest BCUT2D eigenvalue weighted by atomic mass is 31.2. The van der Waals surface area contributed by atoms with E-state index in [0.29, 0.717) is 5.29 Å². The molecule has 0 radical (unpaired) electrons. The number of hydrogen-bond donors (Lipinski definition) is 0. The number of carbonyl (C=O) groups is 2. The van der Waals surface area contributed by atoms with Crippen LogP contribution >= 0.6 is 6.89 Å². The quantitative estimate of drug-likeness (QED) is 0.422. The van der Waals surface area contributed by atoms with Gasteiger partial charge in [-0.05, 0) is 43.6 Å². The van der Waals surface area contributed by atoms with Gasteiger partial charge < -0.3 is 9.47 Å². The van der Waals surface area contributed by atoms with Crippen LogP contribution in [0, 0.1) is 0 Å². The molecule has 0 aromatic heterocycles. The van der Waals surface area contributed by atoms with E-state index in [1.54, 1.807) is 0 Å². The summed E-state index contributed by atoms with van der Waals surface area (Å²) in [4.78, 5) is 26.3. The lowest BCUT2D eigenvalue weighted by atomic mass is 10.2. The molecule has 5 heteroatoms. The Labute approximate surface area is 190 Å². The summed E-state index contributed by atoms with van der Waals surface area (Å²) in [7, 11) is 1.35. The van der Waals surface area contributed by atoms with Gasteiger partial charge in [0.1, 0.15) is 5.60 Å². The second-order valence-corrected chi connectivity index (χ2v) is 11.8. The Hall–Kier alpha value is -3.10. The summed E-state index contributed by atoms with van der Waals surface area (Å²) in [6.45, 7) is 2.73. The van der Waals surface area contributed by atoms with Crippen molar-refractivity contribution >= 4 is 40.0 Å². The van der Waals surface area contributed by atoms with E-state index in [-0.39, 0.29) is 6.42 Å². The van der Waals surface area contributed by atoms with Crippen molar-refractivity contribution in [2.24, 2.45) is 0 Å². The van der Waals surface area contributed by atoms with Gasteiger partial charge in [0, 0.05) is 0 Å². The van der Waals surface area contributed by atoms with Crippen molar-refractivity contribution in [3.8, 4) is 0 Å². The van der Waals surface area contributed by atoms with E-state index in [2.05, 4.69) is 0 Å². The SMILES string of the molecule is COC(=O)C(CC(=O)OC(C)(C)C)=P(c1ccccc1)(c1ccccc1)c1ccccc1. The van der Waals surface area contributed by atoms with Gasteiger partial charge in [-0.3, -0.25) is 4.79 Å². The maximum atomic E-state index is 13.3. The summed E-state index contributed by atoms with van der Waals surface area (Å²) in [5.74, 6) is -0.953. The van der Waals surface area contributed by atoms with Crippen LogP contribution in [0.4, 0.5) is 0 Å². The van der Waals surface area contributed by atoms with E-state index < -0.39 is 24.4 Å². The molecular weight excluding hydrogens is 419 g/mol. The number of ether oxygens (including phenoxy) is 2. The Bertz CT molecular complexity index is 1010. The number of benzene rings is 3. The highest BCUT2D eigenvalue weighted by Gasteiger charge is 2.35. The minimum absolute atomic E-state index is 0.156. The van der Waals surface area contributed by atoms with Crippen LogP contribution in [-0.4, -0.2) is 29.9 Å². The Morgan fingerprint density at radius 1 is 0.719 bits per heavy atom. The first-order valence-electron chi connectivity index (χ1n) is 10.5. The zero-order chi connectivity index (χ0) is 23.2. The van der Waals surface area contributed by atoms with Gasteiger partial charge in [-0.15, -0.1) is 0 Å². The van der Waals surface area contributed by atoms with Gasteiger partial charge in [-0.25, -0.2) is 4.79 Å². The van der Waals surface area contributed by atoms with E-state index in [1.807, 2.05) is 112 Å². The van der Waals surface area contributed by atoms with Crippen LogP contribution in [0.15, 0.2) is 91.0 Å². The zero-order valence-corrected chi connectivity index (χ0v) is 19.8. The van der Waals surface area contributed by atoms with Crippen LogP contribution in [0.25, 0.3) is 0 Å². The topological polar surface area (TPSA) is 52.6 Å². The van der Waals surface area contributed by atoms with Crippen LogP contribution in [0.2, 0.25) is 0 Å². The van der Waals surface area contributed by atoms with Gasteiger partial charge in [-0.2, -0.15) is 0 Å². The lowest BCUT2D eigenvalue weighted by molar-refractivity contribution is -0.153. The van der Waals surface area contributed by atoms with Crippen molar-refractivity contribution in [1.29, 1.82) is 0 Å². The fraction of sp³-hybridized carbons (Fsp3) is 0.222. The molecule has 0 bridgehead atoms. The van der Waals surface area contributed by atoms with Crippen molar-refractivity contribution in [3.05, 3.63) is 91.0 Å². The molecular formula is C27H29O4P. The largest absolute Gasteiger partial charge is 0.466 e.